The average Bonchev–Trinajstić information content (AvgIpc) is 2.36. The van der Waals surface area contributed by atoms with Crippen molar-refractivity contribution in [3.8, 4) is 0 Å². The molecule has 2 aromatic rings. The van der Waals surface area contributed by atoms with Gasteiger partial charge in [0, 0.05) is 17.0 Å². The van der Waals surface area contributed by atoms with Crippen LogP contribution in [0.4, 0.5) is 4.39 Å². The first-order chi connectivity index (χ1) is 8.97. The van der Waals surface area contributed by atoms with Crippen LogP contribution >= 0.6 is 11.6 Å². The molecule has 19 heavy (non-hydrogen) atoms. The highest BCUT2D eigenvalue weighted by Crippen LogP contribution is 2.25. The maximum Gasteiger partial charge on any atom is 0.123 e. The third kappa shape index (κ3) is 3.28. The van der Waals surface area contributed by atoms with Crippen LogP contribution in [-0.2, 0) is 6.42 Å². The summed E-state index contributed by atoms with van der Waals surface area (Å²) in [4.78, 5) is 0. The Morgan fingerprint density at radius 3 is 2.74 bits per heavy atom. The first-order valence-electron chi connectivity index (χ1n) is 5.90. The summed E-state index contributed by atoms with van der Waals surface area (Å²) < 4.78 is 13.2. The Labute approximate surface area is 116 Å². The number of aliphatic hydroxyl groups is 1. The van der Waals surface area contributed by atoms with E-state index in [-0.39, 0.29) is 12.2 Å². The van der Waals surface area contributed by atoms with Crippen molar-refractivity contribution in [1.82, 2.24) is 10.2 Å². The molecule has 0 saturated heterocycles. The zero-order valence-electron chi connectivity index (χ0n) is 10.7. The van der Waals surface area contributed by atoms with Crippen molar-refractivity contribution >= 4 is 11.6 Å². The number of benzene rings is 1. The number of aromatic nitrogens is 2. The van der Waals surface area contributed by atoms with Gasteiger partial charge in [0.15, 0.2) is 0 Å². The Bertz CT molecular complexity index is 604. The predicted molar refractivity (Wildman–Crippen MR) is 71.6 cm³/mol. The third-order valence-electron chi connectivity index (χ3n) is 2.92. The van der Waals surface area contributed by atoms with Gasteiger partial charge in [-0.3, -0.25) is 0 Å². The van der Waals surface area contributed by atoms with Crippen molar-refractivity contribution < 1.29 is 9.50 Å². The monoisotopic (exact) mass is 280 g/mol. The van der Waals surface area contributed by atoms with Crippen LogP contribution in [0.2, 0.25) is 5.02 Å². The number of hydrogen-bond acceptors (Lipinski definition) is 3. The molecule has 0 saturated carbocycles. The topological polar surface area (TPSA) is 46.0 Å². The van der Waals surface area contributed by atoms with Gasteiger partial charge < -0.3 is 5.11 Å². The summed E-state index contributed by atoms with van der Waals surface area (Å²) in [6.45, 7) is 3.58. The fraction of sp³-hybridized carbons (Fsp3) is 0.286. The van der Waals surface area contributed by atoms with Gasteiger partial charge in [-0.1, -0.05) is 11.6 Å². The lowest BCUT2D eigenvalue weighted by Crippen LogP contribution is -2.07. The molecule has 100 valence electrons. The van der Waals surface area contributed by atoms with E-state index in [1.807, 2.05) is 0 Å². The zero-order chi connectivity index (χ0) is 14.0. The van der Waals surface area contributed by atoms with E-state index in [0.717, 1.165) is 5.69 Å². The predicted octanol–water partition coefficient (Wildman–Crippen LogP) is 3.16. The number of aryl methyl sites for hydroxylation is 2. The largest absolute Gasteiger partial charge is 0.388 e. The summed E-state index contributed by atoms with van der Waals surface area (Å²) in [7, 11) is 0. The van der Waals surface area contributed by atoms with Crippen LogP contribution in [0.5, 0.6) is 0 Å². The molecule has 5 heteroatoms. The summed E-state index contributed by atoms with van der Waals surface area (Å²) in [5.74, 6) is -0.368. The normalized spacial score (nSPS) is 12.5. The first-order valence-corrected chi connectivity index (χ1v) is 6.28. The van der Waals surface area contributed by atoms with E-state index in [0.29, 0.717) is 21.8 Å². The van der Waals surface area contributed by atoms with Gasteiger partial charge in [-0.05, 0) is 43.7 Å². The minimum atomic E-state index is -0.784. The quantitative estimate of drug-likeness (QED) is 0.939. The Morgan fingerprint density at radius 2 is 2.00 bits per heavy atom. The lowest BCUT2D eigenvalue weighted by atomic mass is 10.0. The maximum absolute atomic E-state index is 13.2. The van der Waals surface area contributed by atoms with Crippen LogP contribution in [-0.4, -0.2) is 15.3 Å². The molecule has 0 radical (unpaired) electrons. The van der Waals surface area contributed by atoms with E-state index < -0.39 is 6.10 Å². The molecule has 0 aliphatic rings. The van der Waals surface area contributed by atoms with Crippen molar-refractivity contribution in [3.63, 3.8) is 0 Å². The minimum Gasteiger partial charge on any atom is -0.388 e. The van der Waals surface area contributed by atoms with Crippen LogP contribution in [0, 0.1) is 19.7 Å². The number of halogens is 2. The molecular formula is C14H14ClFN2O. The maximum atomic E-state index is 13.2. The van der Waals surface area contributed by atoms with E-state index >= 15 is 0 Å². The molecule has 3 nitrogen and oxygen atoms in total. The van der Waals surface area contributed by atoms with Gasteiger partial charge in [0.05, 0.1) is 17.5 Å². The SMILES string of the molecule is Cc1cc(C(O)Cc2cc(F)ccc2Cl)c(C)nn1. The first kappa shape index (κ1) is 13.9. The van der Waals surface area contributed by atoms with Crippen LogP contribution in [0.25, 0.3) is 0 Å². The molecule has 1 aromatic carbocycles. The van der Waals surface area contributed by atoms with Gasteiger partial charge in [0.2, 0.25) is 0 Å². The second-order valence-electron chi connectivity index (χ2n) is 4.48. The third-order valence-corrected chi connectivity index (χ3v) is 3.29. The van der Waals surface area contributed by atoms with Gasteiger partial charge in [0.25, 0.3) is 0 Å². The number of rotatable bonds is 3. The highest BCUT2D eigenvalue weighted by atomic mass is 35.5. The number of hydrogen-bond donors (Lipinski definition) is 1. The van der Waals surface area contributed by atoms with E-state index in [1.165, 1.54) is 18.2 Å². The highest BCUT2D eigenvalue weighted by molar-refractivity contribution is 6.31. The van der Waals surface area contributed by atoms with Crippen molar-refractivity contribution in [2.24, 2.45) is 0 Å². The molecule has 1 aromatic heterocycles. The smallest absolute Gasteiger partial charge is 0.123 e. The minimum absolute atomic E-state index is 0.239. The molecule has 1 unspecified atom stereocenters. The molecule has 0 spiro atoms. The standard InChI is InChI=1S/C14H14ClFN2O/c1-8-5-12(9(2)18-17-8)14(19)7-10-6-11(16)3-4-13(10)15/h3-6,14,19H,7H2,1-2H3. The Hall–Kier alpha value is -1.52. The molecule has 1 N–H and O–H groups in total. The summed E-state index contributed by atoms with van der Waals surface area (Å²) in [6, 6.07) is 5.89. The van der Waals surface area contributed by atoms with Gasteiger partial charge in [-0.25, -0.2) is 4.39 Å². The molecule has 1 heterocycles. The summed E-state index contributed by atoms with van der Waals surface area (Å²) >= 11 is 5.99. The van der Waals surface area contributed by atoms with Crippen molar-refractivity contribution in [2.45, 2.75) is 26.4 Å². The summed E-state index contributed by atoms with van der Waals surface area (Å²) in [5, 5.41) is 18.6. The van der Waals surface area contributed by atoms with Gasteiger partial charge in [0.1, 0.15) is 5.82 Å². The van der Waals surface area contributed by atoms with E-state index in [9.17, 15) is 9.50 Å². The average molecular weight is 281 g/mol. The van der Waals surface area contributed by atoms with Gasteiger partial charge in [-0.2, -0.15) is 10.2 Å². The summed E-state index contributed by atoms with van der Waals surface area (Å²) in [6.07, 6.45) is -0.545. The molecule has 0 bridgehead atoms. The highest BCUT2D eigenvalue weighted by Gasteiger charge is 2.15. The fourth-order valence-corrected chi connectivity index (χ4v) is 2.12. The molecule has 1 atom stereocenters. The van der Waals surface area contributed by atoms with Crippen LogP contribution in [0.3, 0.4) is 0 Å². The molecule has 0 aliphatic carbocycles. The zero-order valence-corrected chi connectivity index (χ0v) is 11.4. The van der Waals surface area contributed by atoms with Crippen LogP contribution in [0.15, 0.2) is 24.3 Å². The van der Waals surface area contributed by atoms with E-state index in [1.54, 1.807) is 19.9 Å². The molecule has 0 amide bonds. The Morgan fingerprint density at radius 1 is 1.26 bits per heavy atom. The van der Waals surface area contributed by atoms with E-state index in [4.69, 9.17) is 11.6 Å². The van der Waals surface area contributed by atoms with Crippen molar-refractivity contribution in [2.75, 3.05) is 0 Å². The lowest BCUT2D eigenvalue weighted by molar-refractivity contribution is 0.177. The Kier molecular flexibility index (Phi) is 4.12. The number of nitrogens with zero attached hydrogens (tertiary/aromatic N) is 2. The molecule has 2 rings (SSSR count). The molecule has 0 aliphatic heterocycles. The second-order valence-corrected chi connectivity index (χ2v) is 4.89. The second kappa shape index (κ2) is 5.63. The molecular weight excluding hydrogens is 267 g/mol. The van der Waals surface area contributed by atoms with E-state index in [2.05, 4.69) is 10.2 Å². The Balaban J connectivity index is 2.27. The van der Waals surface area contributed by atoms with Crippen LogP contribution < -0.4 is 0 Å². The lowest BCUT2D eigenvalue weighted by Gasteiger charge is -2.14. The molecule has 0 fully saturated rings. The van der Waals surface area contributed by atoms with Crippen LogP contribution in [0.1, 0.15) is 28.6 Å². The number of aliphatic hydroxyl groups excluding tert-OH is 1. The summed E-state index contributed by atoms with van der Waals surface area (Å²) in [5.41, 5.74) is 2.64. The fourth-order valence-electron chi connectivity index (χ4n) is 1.93. The van der Waals surface area contributed by atoms with Gasteiger partial charge >= 0.3 is 0 Å². The van der Waals surface area contributed by atoms with Crippen molar-refractivity contribution in [3.05, 3.63) is 57.6 Å². The van der Waals surface area contributed by atoms with Gasteiger partial charge in [-0.15, -0.1) is 0 Å². The van der Waals surface area contributed by atoms with Crippen molar-refractivity contribution in [1.29, 1.82) is 0 Å².